The Morgan fingerprint density at radius 3 is 3.00 bits per heavy atom. The molecule has 7 nitrogen and oxygen atoms in total. The summed E-state index contributed by atoms with van der Waals surface area (Å²) in [4.78, 5) is 23.0. The number of rotatable bonds is 4. The van der Waals surface area contributed by atoms with Crippen LogP contribution in [0.2, 0.25) is 0 Å². The molecule has 2 rings (SSSR count). The lowest BCUT2D eigenvalue weighted by atomic mass is 10.2. The summed E-state index contributed by atoms with van der Waals surface area (Å²) in [6.45, 7) is 1.87. The molecule has 114 valence electrons. The molecule has 0 radical (unpaired) electrons. The van der Waals surface area contributed by atoms with Crippen LogP contribution in [0.3, 0.4) is 0 Å². The van der Waals surface area contributed by atoms with Crippen molar-refractivity contribution in [3.05, 3.63) is 39.7 Å². The second-order valence-electron chi connectivity index (χ2n) is 4.90. The average molecular weight is 297 g/mol. The molecule has 1 fully saturated rings. The molecule has 1 amide bonds. The average Bonchev–Trinajstić information content (AvgIpc) is 2.85. The summed E-state index contributed by atoms with van der Waals surface area (Å²) in [7, 11) is 1.31. The molecule has 1 aliphatic rings. The molecule has 1 N–H and O–H groups in total. The number of nitrogens with zero attached hydrogens (tertiary/aromatic N) is 2. The minimum Gasteiger partial charge on any atom is -0.453 e. The van der Waals surface area contributed by atoms with E-state index in [1.807, 2.05) is 4.90 Å². The number of likely N-dealkylation sites (tertiary alicyclic amines) is 1. The molecule has 0 bridgehead atoms. The van der Waals surface area contributed by atoms with E-state index in [2.05, 4.69) is 10.1 Å². The van der Waals surface area contributed by atoms with Crippen molar-refractivity contribution in [1.82, 2.24) is 10.2 Å². The van der Waals surface area contributed by atoms with Gasteiger partial charge in [0, 0.05) is 31.7 Å². The Kier molecular flexibility index (Phi) is 4.69. The third kappa shape index (κ3) is 3.88. The van der Waals surface area contributed by atoms with Gasteiger partial charge >= 0.3 is 11.8 Å². The van der Waals surface area contributed by atoms with Gasteiger partial charge < -0.3 is 10.1 Å². The molecular weight excluding hydrogens is 281 g/mol. The topological polar surface area (TPSA) is 84.7 Å². The van der Waals surface area contributed by atoms with E-state index in [1.54, 1.807) is 6.07 Å². The summed E-state index contributed by atoms with van der Waals surface area (Å²) in [5.74, 6) is -0.832. The monoisotopic (exact) mass is 297 g/mol. The van der Waals surface area contributed by atoms with Gasteiger partial charge in [-0.2, -0.15) is 4.39 Å². The Morgan fingerprint density at radius 2 is 2.38 bits per heavy atom. The number of halogens is 1. The first-order valence-electron chi connectivity index (χ1n) is 6.49. The second-order valence-corrected chi connectivity index (χ2v) is 4.90. The van der Waals surface area contributed by atoms with Crippen LogP contribution >= 0.6 is 0 Å². The number of nitro groups is 1. The lowest BCUT2D eigenvalue weighted by molar-refractivity contribution is -0.387. The number of hydrogen-bond donors (Lipinski definition) is 1. The van der Waals surface area contributed by atoms with E-state index < -0.39 is 22.5 Å². The number of alkyl carbamates (subject to hydrolysis) is 1. The zero-order chi connectivity index (χ0) is 15.4. The van der Waals surface area contributed by atoms with Gasteiger partial charge in [0.15, 0.2) is 0 Å². The Morgan fingerprint density at radius 1 is 1.62 bits per heavy atom. The smallest absolute Gasteiger partial charge is 0.407 e. The highest BCUT2D eigenvalue weighted by atomic mass is 19.1. The molecule has 0 spiro atoms. The van der Waals surface area contributed by atoms with Gasteiger partial charge in [0.05, 0.1) is 12.0 Å². The third-order valence-corrected chi connectivity index (χ3v) is 3.39. The Balaban J connectivity index is 1.93. The molecule has 1 saturated heterocycles. The molecular formula is C13H16FN3O4. The van der Waals surface area contributed by atoms with Gasteiger partial charge in [0.2, 0.25) is 5.82 Å². The van der Waals surface area contributed by atoms with Crippen LogP contribution in [-0.2, 0) is 11.3 Å². The largest absolute Gasteiger partial charge is 0.453 e. The van der Waals surface area contributed by atoms with Crippen LogP contribution in [0.25, 0.3) is 0 Å². The van der Waals surface area contributed by atoms with Crippen LogP contribution in [0.15, 0.2) is 18.2 Å². The lowest BCUT2D eigenvalue weighted by Crippen LogP contribution is -2.36. The lowest BCUT2D eigenvalue weighted by Gasteiger charge is -2.16. The maximum Gasteiger partial charge on any atom is 0.407 e. The summed E-state index contributed by atoms with van der Waals surface area (Å²) in [6.07, 6.45) is 0.313. The number of amides is 1. The third-order valence-electron chi connectivity index (χ3n) is 3.39. The first kappa shape index (κ1) is 15.2. The number of benzene rings is 1. The van der Waals surface area contributed by atoms with Gasteiger partial charge in [0.1, 0.15) is 0 Å². The number of ether oxygens (including phenoxy) is 1. The van der Waals surface area contributed by atoms with E-state index in [4.69, 9.17) is 0 Å². The fourth-order valence-corrected chi connectivity index (χ4v) is 2.37. The number of nitro benzene ring substituents is 1. The van der Waals surface area contributed by atoms with Crippen molar-refractivity contribution in [1.29, 1.82) is 0 Å². The Bertz CT molecular complexity index is 552. The van der Waals surface area contributed by atoms with Crippen molar-refractivity contribution < 1.29 is 18.8 Å². The van der Waals surface area contributed by atoms with Crippen molar-refractivity contribution >= 4 is 11.8 Å². The standard InChI is InChI=1S/C13H16FN3O4/c1-21-13(18)15-10-4-5-16(8-10)7-9-2-3-12(17(19)20)11(14)6-9/h2-3,6,10H,4-5,7-8H2,1H3,(H,15,18). The summed E-state index contributed by atoms with van der Waals surface area (Å²) in [5, 5.41) is 13.3. The zero-order valence-corrected chi connectivity index (χ0v) is 11.5. The molecule has 0 saturated carbocycles. The Labute approximate surface area is 120 Å². The molecule has 1 aromatic rings. The van der Waals surface area contributed by atoms with Gasteiger partial charge in [-0.25, -0.2) is 4.79 Å². The van der Waals surface area contributed by atoms with Crippen molar-refractivity contribution in [2.45, 2.75) is 19.0 Å². The minimum absolute atomic E-state index is 0.000320. The molecule has 0 aliphatic carbocycles. The van der Waals surface area contributed by atoms with E-state index in [0.717, 1.165) is 13.0 Å². The van der Waals surface area contributed by atoms with Crippen molar-refractivity contribution in [3.63, 3.8) is 0 Å². The van der Waals surface area contributed by atoms with Gasteiger partial charge in [-0.05, 0) is 18.1 Å². The van der Waals surface area contributed by atoms with E-state index in [0.29, 0.717) is 18.7 Å². The van der Waals surface area contributed by atoms with Crippen LogP contribution in [-0.4, -0.2) is 42.2 Å². The highest BCUT2D eigenvalue weighted by molar-refractivity contribution is 5.67. The molecule has 1 unspecified atom stereocenters. The van der Waals surface area contributed by atoms with E-state index in [-0.39, 0.29) is 6.04 Å². The Hall–Kier alpha value is -2.22. The highest BCUT2D eigenvalue weighted by Gasteiger charge is 2.24. The molecule has 1 aliphatic heterocycles. The predicted molar refractivity (Wildman–Crippen MR) is 72.3 cm³/mol. The molecule has 1 atom stereocenters. The fraction of sp³-hybridized carbons (Fsp3) is 0.462. The normalized spacial score (nSPS) is 18.5. The number of nitrogens with one attached hydrogen (secondary N) is 1. The molecule has 1 heterocycles. The van der Waals surface area contributed by atoms with Crippen LogP contribution in [0.1, 0.15) is 12.0 Å². The fourth-order valence-electron chi connectivity index (χ4n) is 2.37. The summed E-state index contributed by atoms with van der Waals surface area (Å²) < 4.78 is 18.1. The first-order valence-corrected chi connectivity index (χ1v) is 6.49. The highest BCUT2D eigenvalue weighted by Crippen LogP contribution is 2.20. The molecule has 0 aromatic heterocycles. The first-order chi connectivity index (χ1) is 9.99. The van der Waals surface area contributed by atoms with Crippen molar-refractivity contribution in [2.24, 2.45) is 0 Å². The van der Waals surface area contributed by atoms with Crippen LogP contribution < -0.4 is 5.32 Å². The second kappa shape index (κ2) is 6.49. The van der Waals surface area contributed by atoms with Gasteiger partial charge in [-0.1, -0.05) is 6.07 Å². The van der Waals surface area contributed by atoms with E-state index >= 15 is 0 Å². The SMILES string of the molecule is COC(=O)NC1CCN(Cc2ccc([N+](=O)[O-])c(F)c2)C1. The van der Waals surface area contributed by atoms with Crippen molar-refractivity contribution in [2.75, 3.05) is 20.2 Å². The van der Waals surface area contributed by atoms with Crippen LogP contribution in [0.5, 0.6) is 0 Å². The van der Waals surface area contributed by atoms with Crippen LogP contribution in [0.4, 0.5) is 14.9 Å². The molecule has 1 aromatic carbocycles. The minimum atomic E-state index is -0.832. The number of hydrogen-bond acceptors (Lipinski definition) is 5. The maximum absolute atomic E-state index is 13.5. The molecule has 8 heteroatoms. The summed E-state index contributed by atoms with van der Waals surface area (Å²) in [6, 6.07) is 3.90. The van der Waals surface area contributed by atoms with Gasteiger partial charge in [-0.3, -0.25) is 15.0 Å². The number of carbonyl (C=O) groups excluding carboxylic acids is 1. The summed E-state index contributed by atoms with van der Waals surface area (Å²) in [5.41, 5.74) is 0.141. The predicted octanol–water partition coefficient (Wildman–Crippen LogP) is 1.66. The molecule has 21 heavy (non-hydrogen) atoms. The maximum atomic E-state index is 13.5. The number of methoxy groups -OCH3 is 1. The van der Waals surface area contributed by atoms with E-state index in [1.165, 1.54) is 19.2 Å². The zero-order valence-electron chi connectivity index (χ0n) is 11.5. The van der Waals surface area contributed by atoms with Gasteiger partial charge in [0.25, 0.3) is 0 Å². The number of carbonyl (C=O) groups is 1. The quantitative estimate of drug-likeness (QED) is 0.675. The van der Waals surface area contributed by atoms with Gasteiger partial charge in [-0.15, -0.1) is 0 Å². The van der Waals surface area contributed by atoms with E-state index in [9.17, 15) is 19.3 Å². The van der Waals surface area contributed by atoms with Crippen molar-refractivity contribution in [3.8, 4) is 0 Å². The summed E-state index contributed by atoms with van der Waals surface area (Å²) >= 11 is 0. The van der Waals surface area contributed by atoms with Crippen LogP contribution in [0, 0.1) is 15.9 Å².